The molecule has 0 spiro atoms. The topological polar surface area (TPSA) is 87.9 Å². The average Bonchev–Trinajstić information content (AvgIpc) is 2.68. The monoisotopic (exact) mass is 366 g/mol. The molecule has 0 aromatic heterocycles. The molecule has 0 radical (unpaired) electrons. The molecular formula is C22H30N4O. The second-order valence-electron chi connectivity index (χ2n) is 6.48. The Morgan fingerprint density at radius 3 is 2.33 bits per heavy atom. The van der Waals surface area contributed by atoms with E-state index in [0.29, 0.717) is 6.54 Å². The number of benzene rings is 2. The maximum Gasteiger partial charge on any atom is 0.126 e. The van der Waals surface area contributed by atoms with E-state index < -0.39 is 6.10 Å². The molecular weight excluding hydrogens is 336 g/mol. The Morgan fingerprint density at radius 1 is 1.15 bits per heavy atom. The normalized spacial score (nSPS) is 15.0. The van der Waals surface area contributed by atoms with E-state index in [0.717, 1.165) is 45.0 Å². The molecule has 0 aliphatic carbocycles. The fraction of sp³-hybridized carbons (Fsp3) is 0.318. The molecule has 5 nitrogen and oxygen atoms in total. The van der Waals surface area contributed by atoms with Crippen molar-refractivity contribution in [2.75, 3.05) is 11.4 Å². The van der Waals surface area contributed by atoms with Gasteiger partial charge in [-0.2, -0.15) is 5.10 Å². The number of hydrogen-bond donors (Lipinski definition) is 3. The first-order valence-corrected chi connectivity index (χ1v) is 9.32. The van der Waals surface area contributed by atoms with Crippen LogP contribution in [0.15, 0.2) is 53.3 Å². The van der Waals surface area contributed by atoms with Crippen LogP contribution < -0.4 is 16.5 Å². The number of amidine groups is 1. The lowest BCUT2D eigenvalue weighted by Crippen LogP contribution is -2.37. The summed E-state index contributed by atoms with van der Waals surface area (Å²) in [6, 6.07) is 14.2. The van der Waals surface area contributed by atoms with Crippen molar-refractivity contribution in [3.63, 3.8) is 0 Å². The number of aliphatic hydroxyl groups is 1. The summed E-state index contributed by atoms with van der Waals surface area (Å²) >= 11 is 0. The maximum absolute atomic E-state index is 9.73. The van der Waals surface area contributed by atoms with Gasteiger partial charge in [-0.3, -0.25) is 0 Å². The van der Waals surface area contributed by atoms with Crippen molar-refractivity contribution >= 4 is 17.1 Å². The van der Waals surface area contributed by atoms with Crippen LogP contribution >= 0.6 is 0 Å². The van der Waals surface area contributed by atoms with E-state index in [4.69, 9.17) is 11.6 Å². The van der Waals surface area contributed by atoms with Gasteiger partial charge in [0.1, 0.15) is 5.84 Å². The van der Waals surface area contributed by atoms with Crippen LogP contribution in [-0.4, -0.2) is 17.5 Å². The summed E-state index contributed by atoms with van der Waals surface area (Å²) in [5, 5.41) is 13.6. The lowest BCUT2D eigenvalue weighted by atomic mass is 9.89. The highest BCUT2D eigenvalue weighted by Crippen LogP contribution is 2.38. The van der Waals surface area contributed by atoms with Gasteiger partial charge >= 0.3 is 0 Å². The zero-order valence-electron chi connectivity index (χ0n) is 16.8. The fourth-order valence-corrected chi connectivity index (χ4v) is 3.22. The Hall–Kier alpha value is -2.79. The number of hydrogen-bond acceptors (Lipinski definition) is 4. The molecule has 0 amide bonds. The third-order valence-electron chi connectivity index (χ3n) is 4.62. The van der Waals surface area contributed by atoms with Crippen molar-refractivity contribution in [1.82, 2.24) is 0 Å². The first-order valence-electron chi connectivity index (χ1n) is 9.32. The smallest absolute Gasteiger partial charge is 0.126 e. The molecule has 1 heterocycles. The molecule has 144 valence electrons. The third kappa shape index (κ3) is 4.14. The molecule has 0 saturated carbocycles. The number of rotatable bonds is 2. The van der Waals surface area contributed by atoms with E-state index in [-0.39, 0.29) is 0 Å². The number of aryl methyl sites for hydroxylation is 1. The zero-order chi connectivity index (χ0) is 20.1. The van der Waals surface area contributed by atoms with Gasteiger partial charge in [-0.1, -0.05) is 49.7 Å². The van der Waals surface area contributed by atoms with E-state index in [1.165, 1.54) is 0 Å². The molecule has 0 saturated heterocycles. The van der Waals surface area contributed by atoms with Gasteiger partial charge in [-0.15, -0.1) is 0 Å². The molecule has 1 unspecified atom stereocenters. The second kappa shape index (κ2) is 8.73. The summed E-state index contributed by atoms with van der Waals surface area (Å²) in [6.07, 6.45) is -0.486. The Bertz CT molecular complexity index is 851. The van der Waals surface area contributed by atoms with E-state index in [1.807, 2.05) is 49.9 Å². The van der Waals surface area contributed by atoms with Crippen LogP contribution in [0, 0.1) is 6.92 Å². The largest absolute Gasteiger partial charge is 0.400 e. The molecule has 1 aliphatic heterocycles. The highest BCUT2D eigenvalue weighted by Gasteiger charge is 2.25. The Morgan fingerprint density at radius 2 is 1.78 bits per heavy atom. The summed E-state index contributed by atoms with van der Waals surface area (Å²) in [7, 11) is 0. The van der Waals surface area contributed by atoms with Gasteiger partial charge in [-0.25, -0.2) is 0 Å². The summed E-state index contributed by atoms with van der Waals surface area (Å²) < 4.78 is 0. The molecule has 2 aromatic rings. The quantitative estimate of drug-likeness (QED) is 0.325. The summed E-state index contributed by atoms with van der Waals surface area (Å²) in [5.74, 6) is 6.21. The molecule has 27 heavy (non-hydrogen) atoms. The van der Waals surface area contributed by atoms with Crippen molar-refractivity contribution in [2.24, 2.45) is 16.7 Å². The van der Waals surface area contributed by atoms with E-state index >= 15 is 0 Å². The molecule has 0 fully saturated rings. The predicted octanol–water partition coefficient (Wildman–Crippen LogP) is 3.90. The van der Waals surface area contributed by atoms with Crippen LogP contribution in [0.5, 0.6) is 0 Å². The molecule has 3 rings (SSSR count). The molecule has 1 aliphatic rings. The van der Waals surface area contributed by atoms with Gasteiger partial charge < -0.3 is 21.6 Å². The van der Waals surface area contributed by atoms with Gasteiger partial charge in [-0.05, 0) is 44.0 Å². The van der Waals surface area contributed by atoms with Gasteiger partial charge in [0.2, 0.25) is 0 Å². The standard InChI is InChI=1S/C20H24N4O.C2H6/c1-12-4-9-19-17(10-12)20(18(21)11-24(19)14(3)23-22)16-7-5-15(6-8-16)13(2)25;1-2/h4-10,13,25H,11,21-22H2,1-3H3;1-2H3/b23-14-;. The minimum absolute atomic E-state index is 0.486. The van der Waals surface area contributed by atoms with Gasteiger partial charge in [0.25, 0.3) is 0 Å². The van der Waals surface area contributed by atoms with Crippen LogP contribution in [0.2, 0.25) is 0 Å². The minimum atomic E-state index is -0.486. The highest BCUT2D eigenvalue weighted by atomic mass is 16.3. The van der Waals surface area contributed by atoms with Crippen molar-refractivity contribution in [1.29, 1.82) is 0 Å². The van der Waals surface area contributed by atoms with E-state index in [2.05, 4.69) is 30.2 Å². The Balaban J connectivity index is 0.00000126. The highest BCUT2D eigenvalue weighted by molar-refractivity contribution is 6.03. The number of aliphatic hydroxyl groups excluding tert-OH is 1. The molecule has 2 aromatic carbocycles. The Labute approximate surface area is 162 Å². The van der Waals surface area contributed by atoms with E-state index in [9.17, 15) is 5.11 Å². The second-order valence-corrected chi connectivity index (χ2v) is 6.48. The Kier molecular flexibility index (Phi) is 6.64. The molecule has 0 bridgehead atoms. The van der Waals surface area contributed by atoms with Crippen LogP contribution in [0.4, 0.5) is 5.69 Å². The van der Waals surface area contributed by atoms with Crippen LogP contribution in [0.1, 0.15) is 56.1 Å². The molecule has 5 heteroatoms. The van der Waals surface area contributed by atoms with Crippen LogP contribution in [-0.2, 0) is 0 Å². The summed E-state index contributed by atoms with van der Waals surface area (Å²) in [6.45, 7) is 10.2. The number of nitrogens with zero attached hydrogens (tertiary/aromatic N) is 2. The van der Waals surface area contributed by atoms with Crippen molar-refractivity contribution < 1.29 is 5.11 Å². The lowest BCUT2D eigenvalue weighted by Gasteiger charge is -2.33. The van der Waals surface area contributed by atoms with Crippen molar-refractivity contribution in [3.05, 3.63) is 70.4 Å². The first-order chi connectivity index (χ1) is 12.9. The number of anilines is 1. The number of hydrazone groups is 1. The van der Waals surface area contributed by atoms with Gasteiger partial charge in [0, 0.05) is 16.8 Å². The molecule has 5 N–H and O–H groups in total. The van der Waals surface area contributed by atoms with Crippen LogP contribution in [0.3, 0.4) is 0 Å². The predicted molar refractivity (Wildman–Crippen MR) is 114 cm³/mol. The van der Waals surface area contributed by atoms with E-state index in [1.54, 1.807) is 6.92 Å². The van der Waals surface area contributed by atoms with Crippen molar-refractivity contribution in [2.45, 2.75) is 40.7 Å². The van der Waals surface area contributed by atoms with Crippen LogP contribution in [0.25, 0.3) is 5.57 Å². The van der Waals surface area contributed by atoms with Gasteiger partial charge in [0.15, 0.2) is 0 Å². The SMILES string of the molecule is C/C(=N/N)N1CC(N)=C(c2ccc(C(C)O)cc2)c2cc(C)ccc21.CC. The number of nitrogens with two attached hydrogens (primary N) is 2. The maximum atomic E-state index is 9.73. The lowest BCUT2D eigenvalue weighted by molar-refractivity contribution is 0.199. The minimum Gasteiger partial charge on any atom is -0.400 e. The zero-order valence-corrected chi connectivity index (χ0v) is 16.8. The number of fused-ring (bicyclic) bond motifs is 1. The average molecular weight is 367 g/mol. The summed E-state index contributed by atoms with van der Waals surface area (Å²) in [4.78, 5) is 2.03. The summed E-state index contributed by atoms with van der Waals surface area (Å²) in [5.41, 5.74) is 13.4. The fourth-order valence-electron chi connectivity index (χ4n) is 3.22. The van der Waals surface area contributed by atoms with Crippen molar-refractivity contribution in [3.8, 4) is 0 Å². The first kappa shape index (κ1) is 20.5. The van der Waals surface area contributed by atoms with Gasteiger partial charge in [0.05, 0.1) is 18.3 Å². The molecule has 1 atom stereocenters. The third-order valence-corrected chi connectivity index (χ3v) is 4.62.